The Kier molecular flexibility index (Phi) is 4.79. The average Bonchev–Trinajstić information content (AvgIpc) is 2.30. The molecule has 1 aromatic rings. The molecule has 1 rings (SSSR count). The largest absolute Gasteiger partial charge is 0.121 e. The Morgan fingerprint density at radius 1 is 1.50 bits per heavy atom. The molecule has 0 N–H and O–H groups in total. The first-order valence-electron chi connectivity index (χ1n) is 3.74. The van der Waals surface area contributed by atoms with E-state index in [4.69, 9.17) is 0 Å². The number of rotatable bonds is 3. The predicted octanol–water partition coefficient (Wildman–Crippen LogP) is 5.51. The van der Waals surface area contributed by atoms with Gasteiger partial charge in [-0.05, 0) is 49.9 Å². The highest BCUT2D eigenvalue weighted by Crippen LogP contribution is 2.40. The number of halogens is 3. The van der Waals surface area contributed by atoms with E-state index in [0.717, 1.165) is 0 Å². The summed E-state index contributed by atoms with van der Waals surface area (Å²) >= 11 is 12.4. The van der Waals surface area contributed by atoms with E-state index in [-0.39, 0.29) is 0 Å². The zero-order valence-electron chi connectivity index (χ0n) is 6.61. The minimum Gasteiger partial charge on any atom is -0.121 e. The zero-order valence-corrected chi connectivity index (χ0v) is 12.2. The van der Waals surface area contributed by atoms with Crippen LogP contribution in [0.15, 0.2) is 13.6 Å². The van der Waals surface area contributed by atoms with Gasteiger partial charge >= 0.3 is 0 Å². The van der Waals surface area contributed by atoms with E-state index < -0.39 is 0 Å². The van der Waals surface area contributed by atoms with Gasteiger partial charge in [0.2, 0.25) is 0 Å². The van der Waals surface area contributed by atoms with Gasteiger partial charge in [0.1, 0.15) is 0 Å². The predicted molar refractivity (Wildman–Crippen MR) is 66.3 cm³/mol. The molecular weight excluding hydrogens is 368 g/mol. The van der Waals surface area contributed by atoms with Gasteiger partial charge in [-0.3, -0.25) is 0 Å². The van der Waals surface area contributed by atoms with Gasteiger partial charge in [0.25, 0.3) is 0 Å². The van der Waals surface area contributed by atoms with Gasteiger partial charge in [0, 0.05) is 4.83 Å². The van der Waals surface area contributed by atoms with Crippen molar-refractivity contribution >= 4 is 59.1 Å². The lowest BCUT2D eigenvalue weighted by Gasteiger charge is -2.05. The van der Waals surface area contributed by atoms with Crippen molar-refractivity contribution in [2.24, 2.45) is 0 Å². The van der Waals surface area contributed by atoms with Crippen molar-refractivity contribution in [3.05, 3.63) is 19.2 Å². The van der Waals surface area contributed by atoms with Gasteiger partial charge in [-0.1, -0.05) is 29.3 Å². The fourth-order valence-electron chi connectivity index (χ4n) is 0.975. The van der Waals surface area contributed by atoms with Crippen LogP contribution in [0.25, 0.3) is 0 Å². The Morgan fingerprint density at radius 3 is 2.58 bits per heavy atom. The lowest BCUT2D eigenvalue weighted by molar-refractivity contribution is 0.788. The summed E-state index contributed by atoms with van der Waals surface area (Å²) in [6.45, 7) is 2.20. The van der Waals surface area contributed by atoms with Crippen LogP contribution < -0.4 is 0 Å². The summed E-state index contributed by atoms with van der Waals surface area (Å²) in [4.78, 5) is 0.486. The maximum absolute atomic E-state index is 3.67. The van der Waals surface area contributed by atoms with E-state index in [1.54, 1.807) is 11.3 Å². The molecule has 0 nitrogen and oxygen atoms in total. The second-order valence-electron chi connectivity index (χ2n) is 2.54. The van der Waals surface area contributed by atoms with Crippen molar-refractivity contribution in [2.75, 3.05) is 0 Å². The average molecular weight is 377 g/mol. The standard InChI is InChI=1S/C8H9Br3S/c1-2-3-6(9)5-4-7(10)12-8(5)11/h4,6H,2-3H2,1H3. The van der Waals surface area contributed by atoms with E-state index >= 15 is 0 Å². The summed E-state index contributed by atoms with van der Waals surface area (Å²) in [5, 5.41) is 0. The summed E-state index contributed by atoms with van der Waals surface area (Å²) in [6.07, 6.45) is 2.39. The van der Waals surface area contributed by atoms with Crippen LogP contribution in [0.3, 0.4) is 0 Å². The molecule has 0 aliphatic carbocycles. The minimum absolute atomic E-state index is 0.486. The van der Waals surface area contributed by atoms with Crippen molar-refractivity contribution < 1.29 is 0 Å². The second-order valence-corrected chi connectivity index (χ2v) is 7.39. The first kappa shape index (κ1) is 11.2. The van der Waals surface area contributed by atoms with Crippen LogP contribution in [-0.4, -0.2) is 0 Å². The van der Waals surface area contributed by atoms with Gasteiger partial charge in [0.05, 0.1) is 7.57 Å². The molecule has 0 spiro atoms. The fraction of sp³-hybridized carbons (Fsp3) is 0.500. The van der Waals surface area contributed by atoms with Gasteiger partial charge in [-0.25, -0.2) is 0 Å². The monoisotopic (exact) mass is 374 g/mol. The fourth-order valence-corrected chi connectivity index (χ4v) is 5.23. The molecule has 0 fully saturated rings. The van der Waals surface area contributed by atoms with Crippen molar-refractivity contribution in [3.63, 3.8) is 0 Å². The molecule has 0 aromatic carbocycles. The molecule has 0 saturated heterocycles. The highest BCUT2D eigenvalue weighted by Gasteiger charge is 2.12. The smallest absolute Gasteiger partial charge is 0.0753 e. The van der Waals surface area contributed by atoms with Crippen LogP contribution in [0.4, 0.5) is 0 Å². The topological polar surface area (TPSA) is 0 Å². The molecule has 1 heterocycles. The van der Waals surface area contributed by atoms with Crippen LogP contribution in [-0.2, 0) is 0 Å². The Balaban J connectivity index is 2.79. The van der Waals surface area contributed by atoms with E-state index in [1.165, 1.54) is 26.0 Å². The van der Waals surface area contributed by atoms with Crippen molar-refractivity contribution in [1.29, 1.82) is 0 Å². The van der Waals surface area contributed by atoms with Crippen LogP contribution in [0.1, 0.15) is 30.2 Å². The van der Waals surface area contributed by atoms with E-state index in [2.05, 4.69) is 60.8 Å². The maximum Gasteiger partial charge on any atom is 0.0753 e. The van der Waals surface area contributed by atoms with Gasteiger partial charge < -0.3 is 0 Å². The first-order valence-corrected chi connectivity index (χ1v) is 7.05. The van der Waals surface area contributed by atoms with Gasteiger partial charge in [0.15, 0.2) is 0 Å². The number of thiophene rings is 1. The van der Waals surface area contributed by atoms with Crippen LogP contribution in [0, 0.1) is 0 Å². The van der Waals surface area contributed by atoms with E-state index in [0.29, 0.717) is 4.83 Å². The van der Waals surface area contributed by atoms with Crippen LogP contribution in [0.2, 0.25) is 0 Å². The molecule has 0 aliphatic heterocycles. The lowest BCUT2D eigenvalue weighted by atomic mass is 10.1. The first-order chi connectivity index (χ1) is 5.65. The SMILES string of the molecule is CCCC(Br)c1cc(Br)sc1Br. The molecule has 1 unspecified atom stereocenters. The molecule has 0 amide bonds. The summed E-state index contributed by atoms with van der Waals surface area (Å²) in [7, 11) is 0. The quantitative estimate of drug-likeness (QED) is 0.610. The molecule has 1 atom stereocenters. The maximum atomic E-state index is 3.67. The molecule has 0 radical (unpaired) electrons. The highest BCUT2D eigenvalue weighted by molar-refractivity contribution is 9.12. The summed E-state index contributed by atoms with van der Waals surface area (Å²) < 4.78 is 2.41. The molecule has 0 saturated carbocycles. The molecule has 4 heteroatoms. The van der Waals surface area contributed by atoms with Crippen LogP contribution >= 0.6 is 59.1 Å². The number of hydrogen-bond donors (Lipinski definition) is 0. The summed E-state index contributed by atoms with van der Waals surface area (Å²) in [6, 6.07) is 2.17. The molecule has 1 aromatic heterocycles. The zero-order chi connectivity index (χ0) is 9.14. The molecule has 68 valence electrons. The molecule has 12 heavy (non-hydrogen) atoms. The Hall–Kier alpha value is 1.14. The molecule has 0 bridgehead atoms. The normalized spacial score (nSPS) is 13.3. The third-order valence-electron chi connectivity index (χ3n) is 1.56. The number of alkyl halides is 1. The van der Waals surface area contributed by atoms with E-state index in [1.807, 2.05) is 0 Å². The summed E-state index contributed by atoms with van der Waals surface area (Å²) in [5.41, 5.74) is 1.36. The number of hydrogen-bond acceptors (Lipinski definition) is 1. The van der Waals surface area contributed by atoms with Gasteiger partial charge in [-0.2, -0.15) is 0 Å². The summed E-state index contributed by atoms with van der Waals surface area (Å²) in [5.74, 6) is 0. The Bertz CT molecular complexity index is 257. The third-order valence-corrected chi connectivity index (χ3v) is 4.90. The third kappa shape index (κ3) is 2.82. The Morgan fingerprint density at radius 2 is 2.17 bits per heavy atom. The molecule has 0 aliphatic rings. The van der Waals surface area contributed by atoms with Crippen molar-refractivity contribution in [2.45, 2.75) is 24.6 Å². The highest BCUT2D eigenvalue weighted by atomic mass is 79.9. The minimum atomic E-state index is 0.486. The van der Waals surface area contributed by atoms with Crippen LogP contribution in [0.5, 0.6) is 0 Å². The van der Waals surface area contributed by atoms with Gasteiger partial charge in [-0.15, -0.1) is 11.3 Å². The second kappa shape index (κ2) is 5.13. The van der Waals surface area contributed by atoms with Crippen molar-refractivity contribution in [3.8, 4) is 0 Å². The van der Waals surface area contributed by atoms with E-state index in [9.17, 15) is 0 Å². The Labute approximate surface area is 102 Å². The molecular formula is C8H9Br3S. The van der Waals surface area contributed by atoms with Crippen molar-refractivity contribution in [1.82, 2.24) is 0 Å². The lowest BCUT2D eigenvalue weighted by Crippen LogP contribution is -1.86.